The molecule has 0 spiro atoms. The van der Waals surface area contributed by atoms with E-state index in [2.05, 4.69) is 20.7 Å². The maximum atomic E-state index is 12.2. The van der Waals surface area contributed by atoms with Gasteiger partial charge in [0.25, 0.3) is 10.0 Å². The lowest BCUT2D eigenvalue weighted by Crippen LogP contribution is -2.12. The Bertz CT molecular complexity index is 682. The Morgan fingerprint density at radius 3 is 2.24 bits per heavy atom. The molecule has 4 nitrogen and oxygen atoms in total. The van der Waals surface area contributed by atoms with Crippen LogP contribution in [0.3, 0.4) is 0 Å². The van der Waals surface area contributed by atoms with Gasteiger partial charge in [0.1, 0.15) is 5.75 Å². The van der Waals surface area contributed by atoms with E-state index in [4.69, 9.17) is 4.74 Å². The molecule has 0 radical (unpaired) electrons. The van der Waals surface area contributed by atoms with Crippen LogP contribution < -0.4 is 9.46 Å². The van der Waals surface area contributed by atoms with E-state index in [9.17, 15) is 8.42 Å². The zero-order valence-corrected chi connectivity index (χ0v) is 13.9. The Labute approximate surface area is 133 Å². The Kier molecular flexibility index (Phi) is 5.25. The summed E-state index contributed by atoms with van der Waals surface area (Å²) in [6.45, 7) is 2.67. The first kappa shape index (κ1) is 15.9. The molecule has 1 N–H and O–H groups in total. The number of ether oxygens (including phenoxy) is 1. The summed E-state index contributed by atoms with van der Waals surface area (Å²) in [6, 6.07) is 13.3. The van der Waals surface area contributed by atoms with Gasteiger partial charge in [-0.25, -0.2) is 8.42 Å². The fraction of sp³-hybridized carbons (Fsp3) is 0.200. The first-order valence-corrected chi connectivity index (χ1v) is 8.80. The molecular weight excluding hydrogens is 354 g/mol. The van der Waals surface area contributed by atoms with Crippen LogP contribution in [0.15, 0.2) is 57.9 Å². The van der Waals surface area contributed by atoms with Crippen molar-refractivity contribution in [2.45, 2.75) is 18.2 Å². The van der Waals surface area contributed by atoms with Crippen LogP contribution in [0.1, 0.15) is 13.3 Å². The van der Waals surface area contributed by atoms with Crippen molar-refractivity contribution in [2.24, 2.45) is 0 Å². The van der Waals surface area contributed by atoms with Crippen LogP contribution in [-0.2, 0) is 10.0 Å². The van der Waals surface area contributed by atoms with Crippen LogP contribution in [-0.4, -0.2) is 15.0 Å². The number of rotatable bonds is 6. The van der Waals surface area contributed by atoms with Crippen molar-refractivity contribution in [1.82, 2.24) is 0 Å². The molecule has 0 bridgehead atoms. The number of benzene rings is 2. The molecule has 0 fully saturated rings. The minimum Gasteiger partial charge on any atom is -0.494 e. The smallest absolute Gasteiger partial charge is 0.261 e. The molecule has 0 amide bonds. The lowest BCUT2D eigenvalue weighted by atomic mass is 10.3. The van der Waals surface area contributed by atoms with E-state index in [1.165, 1.54) is 0 Å². The van der Waals surface area contributed by atoms with Crippen LogP contribution in [0.5, 0.6) is 5.75 Å². The third-order valence-corrected chi connectivity index (χ3v) is 4.63. The van der Waals surface area contributed by atoms with Gasteiger partial charge in [-0.3, -0.25) is 4.72 Å². The topological polar surface area (TPSA) is 55.4 Å². The molecule has 0 aliphatic rings. The quantitative estimate of drug-likeness (QED) is 0.835. The monoisotopic (exact) mass is 369 g/mol. The average molecular weight is 370 g/mol. The lowest BCUT2D eigenvalue weighted by molar-refractivity contribution is 0.317. The Morgan fingerprint density at radius 1 is 1.05 bits per heavy atom. The van der Waals surface area contributed by atoms with E-state index < -0.39 is 10.0 Å². The molecule has 0 aromatic heterocycles. The third-order valence-electron chi connectivity index (χ3n) is 2.70. The van der Waals surface area contributed by atoms with Crippen molar-refractivity contribution in [3.05, 3.63) is 53.0 Å². The molecule has 0 aliphatic heterocycles. The van der Waals surface area contributed by atoms with Gasteiger partial charge in [0, 0.05) is 10.2 Å². The minimum absolute atomic E-state index is 0.219. The van der Waals surface area contributed by atoms with E-state index in [-0.39, 0.29) is 4.90 Å². The first-order valence-electron chi connectivity index (χ1n) is 6.52. The summed E-state index contributed by atoms with van der Waals surface area (Å²) in [5, 5.41) is 0. The summed E-state index contributed by atoms with van der Waals surface area (Å²) in [4.78, 5) is 0.219. The summed E-state index contributed by atoms with van der Waals surface area (Å²) < 4.78 is 33.3. The van der Waals surface area contributed by atoms with Gasteiger partial charge < -0.3 is 4.74 Å². The molecular formula is C15H16BrNO3S. The second-order valence-electron chi connectivity index (χ2n) is 4.43. The van der Waals surface area contributed by atoms with Crippen molar-refractivity contribution in [3.63, 3.8) is 0 Å². The molecule has 21 heavy (non-hydrogen) atoms. The van der Waals surface area contributed by atoms with Gasteiger partial charge >= 0.3 is 0 Å². The molecule has 2 rings (SSSR count). The fourth-order valence-corrected chi connectivity index (χ4v) is 2.99. The van der Waals surface area contributed by atoms with Crippen LogP contribution in [0.4, 0.5) is 5.69 Å². The molecule has 0 saturated carbocycles. The summed E-state index contributed by atoms with van der Waals surface area (Å²) in [7, 11) is -3.57. The van der Waals surface area contributed by atoms with Crippen molar-refractivity contribution in [1.29, 1.82) is 0 Å². The van der Waals surface area contributed by atoms with Crippen molar-refractivity contribution in [3.8, 4) is 5.75 Å². The van der Waals surface area contributed by atoms with Gasteiger partial charge in [-0.05, 0) is 55.0 Å². The molecule has 0 heterocycles. The third kappa shape index (κ3) is 4.47. The molecule has 2 aromatic carbocycles. The zero-order valence-electron chi connectivity index (χ0n) is 11.5. The summed E-state index contributed by atoms with van der Waals surface area (Å²) in [5.41, 5.74) is 0.502. The highest BCUT2D eigenvalue weighted by molar-refractivity contribution is 9.10. The largest absolute Gasteiger partial charge is 0.494 e. The maximum Gasteiger partial charge on any atom is 0.261 e. The van der Waals surface area contributed by atoms with Crippen LogP contribution in [0.2, 0.25) is 0 Å². The molecule has 0 saturated heterocycles. The lowest BCUT2D eigenvalue weighted by Gasteiger charge is -2.09. The Morgan fingerprint density at radius 2 is 1.67 bits per heavy atom. The zero-order chi connectivity index (χ0) is 15.3. The second kappa shape index (κ2) is 6.95. The fourth-order valence-electron chi connectivity index (χ4n) is 1.67. The first-order chi connectivity index (χ1) is 10.0. The molecule has 0 atom stereocenters. The summed E-state index contributed by atoms with van der Waals surface area (Å²) >= 11 is 3.28. The normalized spacial score (nSPS) is 11.1. The highest BCUT2D eigenvalue weighted by Crippen LogP contribution is 2.20. The predicted molar refractivity (Wildman–Crippen MR) is 87.2 cm³/mol. The van der Waals surface area contributed by atoms with Crippen LogP contribution in [0.25, 0.3) is 0 Å². The maximum absolute atomic E-state index is 12.2. The van der Waals surface area contributed by atoms with Gasteiger partial charge in [0.05, 0.1) is 11.5 Å². The average Bonchev–Trinajstić information content (AvgIpc) is 2.47. The summed E-state index contributed by atoms with van der Waals surface area (Å²) in [5.74, 6) is 0.725. The highest BCUT2D eigenvalue weighted by Gasteiger charge is 2.13. The number of hydrogen-bond acceptors (Lipinski definition) is 3. The number of nitrogens with one attached hydrogen (secondary N) is 1. The predicted octanol–water partition coefficient (Wildman–Crippen LogP) is 4.04. The number of hydrogen-bond donors (Lipinski definition) is 1. The van der Waals surface area contributed by atoms with E-state index in [1.807, 2.05) is 6.92 Å². The van der Waals surface area contributed by atoms with Crippen molar-refractivity contribution >= 4 is 31.6 Å². The molecule has 112 valence electrons. The standard InChI is InChI=1S/C15H16BrNO3S/c1-2-11-20-14-7-5-13(6-8-14)17-21(18,19)15-9-3-12(16)4-10-15/h3-10,17H,2,11H2,1H3. The molecule has 6 heteroatoms. The Balaban J connectivity index is 2.11. The van der Waals surface area contributed by atoms with Gasteiger partial charge in [-0.15, -0.1) is 0 Å². The molecule has 0 aliphatic carbocycles. The molecule has 0 unspecified atom stereocenters. The van der Waals surface area contributed by atoms with E-state index in [0.29, 0.717) is 12.3 Å². The van der Waals surface area contributed by atoms with Crippen molar-refractivity contribution < 1.29 is 13.2 Å². The number of halogens is 1. The summed E-state index contributed by atoms with van der Waals surface area (Å²) in [6.07, 6.45) is 0.929. The van der Waals surface area contributed by atoms with Crippen molar-refractivity contribution in [2.75, 3.05) is 11.3 Å². The van der Waals surface area contributed by atoms with Gasteiger partial charge in [0.15, 0.2) is 0 Å². The van der Waals surface area contributed by atoms with Gasteiger partial charge in [-0.2, -0.15) is 0 Å². The highest BCUT2D eigenvalue weighted by atomic mass is 79.9. The van der Waals surface area contributed by atoms with Crippen LogP contribution >= 0.6 is 15.9 Å². The SMILES string of the molecule is CCCOc1ccc(NS(=O)(=O)c2ccc(Br)cc2)cc1. The molecule has 2 aromatic rings. The number of sulfonamides is 1. The van der Waals surface area contributed by atoms with Gasteiger partial charge in [-0.1, -0.05) is 22.9 Å². The van der Waals surface area contributed by atoms with Gasteiger partial charge in [0.2, 0.25) is 0 Å². The van der Waals surface area contributed by atoms with Crippen LogP contribution in [0, 0.1) is 0 Å². The van der Waals surface area contributed by atoms with E-state index in [0.717, 1.165) is 16.6 Å². The van der Waals surface area contributed by atoms with E-state index >= 15 is 0 Å². The minimum atomic E-state index is -3.57. The number of anilines is 1. The van der Waals surface area contributed by atoms with E-state index in [1.54, 1.807) is 48.5 Å². The Hall–Kier alpha value is -1.53. The second-order valence-corrected chi connectivity index (χ2v) is 7.03.